The predicted octanol–water partition coefficient (Wildman–Crippen LogP) is 2.43. The number of rotatable bonds is 4. The van der Waals surface area contributed by atoms with Crippen LogP contribution < -0.4 is 10.3 Å². The molecule has 0 spiro atoms. The van der Waals surface area contributed by atoms with Gasteiger partial charge in [0.15, 0.2) is 4.96 Å². The second-order valence-corrected chi connectivity index (χ2v) is 5.69. The largest absolute Gasteiger partial charge is 0.496 e. The van der Waals surface area contributed by atoms with Gasteiger partial charge in [0.05, 0.1) is 12.8 Å². The Balaban J connectivity index is 1.80. The van der Waals surface area contributed by atoms with Gasteiger partial charge in [-0.15, -0.1) is 11.3 Å². The zero-order valence-corrected chi connectivity index (χ0v) is 13.4. The molecule has 2 aromatic heterocycles. The van der Waals surface area contributed by atoms with Gasteiger partial charge in [0.1, 0.15) is 17.9 Å². The highest BCUT2D eigenvalue weighted by Gasteiger charge is 2.14. The lowest BCUT2D eigenvalue weighted by molar-refractivity contribution is 0.0464. The van der Waals surface area contributed by atoms with Crippen LogP contribution in [0.2, 0.25) is 0 Å². The van der Waals surface area contributed by atoms with E-state index >= 15 is 0 Å². The van der Waals surface area contributed by atoms with Gasteiger partial charge in [0.25, 0.3) is 5.56 Å². The molecule has 0 N–H and O–H groups in total. The smallest absolute Gasteiger partial charge is 0.342 e. The molecular formula is C16H14N2O4S. The van der Waals surface area contributed by atoms with Gasteiger partial charge in [-0.1, -0.05) is 12.1 Å². The maximum Gasteiger partial charge on any atom is 0.342 e. The maximum absolute atomic E-state index is 12.1. The summed E-state index contributed by atoms with van der Waals surface area (Å²) in [6.07, 6.45) is 0. The molecule has 118 valence electrons. The Morgan fingerprint density at radius 2 is 2.13 bits per heavy atom. The van der Waals surface area contributed by atoms with Crippen molar-refractivity contribution in [2.24, 2.45) is 0 Å². The SMILES string of the molecule is COc1ccccc1C(=O)OCc1cc(=O)n2c(C)csc2n1. The molecule has 7 heteroatoms. The number of fused-ring (bicyclic) bond motifs is 1. The minimum atomic E-state index is -0.521. The summed E-state index contributed by atoms with van der Waals surface area (Å²) in [6.45, 7) is 1.77. The van der Waals surface area contributed by atoms with Gasteiger partial charge in [0.2, 0.25) is 0 Å². The second-order valence-electron chi connectivity index (χ2n) is 4.86. The second kappa shape index (κ2) is 6.21. The van der Waals surface area contributed by atoms with Gasteiger partial charge in [-0.25, -0.2) is 9.78 Å². The first-order chi connectivity index (χ1) is 11.1. The molecule has 3 aromatic rings. The summed E-state index contributed by atoms with van der Waals surface area (Å²) in [5.41, 5.74) is 1.40. The summed E-state index contributed by atoms with van der Waals surface area (Å²) >= 11 is 1.37. The standard InChI is InChI=1S/C16H14N2O4S/c1-10-9-23-16-17-11(7-14(19)18(10)16)8-22-15(20)12-5-3-4-6-13(12)21-2/h3-7,9H,8H2,1-2H3. The number of nitrogens with zero attached hydrogens (tertiary/aromatic N) is 2. The topological polar surface area (TPSA) is 69.9 Å². The van der Waals surface area contributed by atoms with Crippen LogP contribution >= 0.6 is 11.3 Å². The van der Waals surface area contributed by atoms with Crippen molar-refractivity contribution in [2.75, 3.05) is 7.11 Å². The first kappa shape index (κ1) is 15.2. The van der Waals surface area contributed by atoms with Crippen LogP contribution in [0.15, 0.2) is 40.5 Å². The number of ether oxygens (including phenoxy) is 2. The van der Waals surface area contributed by atoms with E-state index in [1.807, 2.05) is 12.3 Å². The minimum absolute atomic E-state index is 0.0699. The molecule has 0 bridgehead atoms. The highest BCUT2D eigenvalue weighted by molar-refractivity contribution is 7.15. The molecule has 0 radical (unpaired) electrons. The number of thiazole rings is 1. The highest BCUT2D eigenvalue weighted by Crippen LogP contribution is 2.19. The van der Waals surface area contributed by atoms with E-state index in [2.05, 4.69) is 4.98 Å². The Labute approximate surface area is 135 Å². The summed E-state index contributed by atoms with van der Waals surface area (Å²) < 4.78 is 11.9. The van der Waals surface area contributed by atoms with Gasteiger partial charge in [-0.3, -0.25) is 9.20 Å². The molecule has 0 atom stereocenters. The molecule has 0 fully saturated rings. The number of carbonyl (C=O) groups excluding carboxylic acids is 1. The van der Waals surface area contributed by atoms with E-state index in [0.717, 1.165) is 5.69 Å². The quantitative estimate of drug-likeness (QED) is 0.687. The summed E-state index contributed by atoms with van der Waals surface area (Å²) in [7, 11) is 1.49. The lowest BCUT2D eigenvalue weighted by atomic mass is 10.2. The third-order valence-corrected chi connectivity index (χ3v) is 4.25. The van der Waals surface area contributed by atoms with Gasteiger partial charge < -0.3 is 9.47 Å². The average molecular weight is 330 g/mol. The summed E-state index contributed by atoms with van der Waals surface area (Å²) in [6, 6.07) is 8.18. The minimum Gasteiger partial charge on any atom is -0.496 e. The molecule has 2 heterocycles. The molecule has 1 aromatic carbocycles. The number of methoxy groups -OCH3 is 1. The normalized spacial score (nSPS) is 10.7. The average Bonchev–Trinajstić information content (AvgIpc) is 2.94. The number of hydrogen-bond acceptors (Lipinski definition) is 6. The Morgan fingerprint density at radius 1 is 1.35 bits per heavy atom. The number of carbonyl (C=O) groups is 1. The van der Waals surface area contributed by atoms with Crippen molar-refractivity contribution in [3.05, 3.63) is 63.0 Å². The maximum atomic E-state index is 12.1. The predicted molar refractivity (Wildman–Crippen MR) is 86.2 cm³/mol. The van der Waals surface area contributed by atoms with Gasteiger partial charge in [0, 0.05) is 17.1 Å². The Bertz CT molecular complexity index is 929. The van der Waals surface area contributed by atoms with Crippen molar-refractivity contribution in [1.29, 1.82) is 0 Å². The van der Waals surface area contributed by atoms with E-state index in [1.165, 1.54) is 28.9 Å². The van der Waals surface area contributed by atoms with E-state index in [-0.39, 0.29) is 12.2 Å². The molecule has 0 unspecified atom stereocenters. The third kappa shape index (κ3) is 2.95. The fraction of sp³-hybridized carbons (Fsp3) is 0.188. The Hall–Kier alpha value is -2.67. The van der Waals surface area contributed by atoms with E-state index in [9.17, 15) is 9.59 Å². The number of para-hydroxylation sites is 1. The number of benzene rings is 1. The molecule has 23 heavy (non-hydrogen) atoms. The van der Waals surface area contributed by atoms with Crippen molar-refractivity contribution in [2.45, 2.75) is 13.5 Å². The Morgan fingerprint density at radius 3 is 2.91 bits per heavy atom. The molecular weight excluding hydrogens is 316 g/mol. The van der Waals surface area contributed by atoms with Crippen LogP contribution in [0.1, 0.15) is 21.7 Å². The summed E-state index contributed by atoms with van der Waals surface area (Å²) in [4.78, 5) is 29.1. The molecule has 0 saturated heterocycles. The van der Waals surface area contributed by atoms with E-state index in [1.54, 1.807) is 24.3 Å². The molecule has 0 aliphatic carbocycles. The third-order valence-electron chi connectivity index (χ3n) is 3.31. The zero-order valence-electron chi connectivity index (χ0n) is 12.6. The summed E-state index contributed by atoms with van der Waals surface area (Å²) in [5.74, 6) is -0.0818. The fourth-order valence-corrected chi connectivity index (χ4v) is 3.10. The molecule has 6 nitrogen and oxygen atoms in total. The van der Waals surface area contributed by atoms with Crippen molar-refractivity contribution >= 4 is 22.3 Å². The molecule has 0 amide bonds. The van der Waals surface area contributed by atoms with Crippen molar-refractivity contribution in [1.82, 2.24) is 9.38 Å². The number of aryl methyl sites for hydroxylation is 1. The molecule has 0 saturated carbocycles. The van der Waals surface area contributed by atoms with Gasteiger partial charge >= 0.3 is 5.97 Å². The van der Waals surface area contributed by atoms with Crippen LogP contribution in [-0.2, 0) is 11.3 Å². The van der Waals surface area contributed by atoms with Crippen LogP contribution in [0.5, 0.6) is 5.75 Å². The van der Waals surface area contributed by atoms with Crippen LogP contribution in [0, 0.1) is 6.92 Å². The number of hydrogen-bond donors (Lipinski definition) is 0. The highest BCUT2D eigenvalue weighted by atomic mass is 32.1. The number of esters is 1. The fourth-order valence-electron chi connectivity index (χ4n) is 2.21. The van der Waals surface area contributed by atoms with Crippen molar-refractivity contribution in [3.8, 4) is 5.75 Å². The van der Waals surface area contributed by atoms with E-state index < -0.39 is 5.97 Å². The van der Waals surface area contributed by atoms with Crippen LogP contribution in [-0.4, -0.2) is 22.5 Å². The first-order valence-corrected chi connectivity index (χ1v) is 7.75. The molecule has 0 aliphatic rings. The zero-order chi connectivity index (χ0) is 16.4. The lowest BCUT2D eigenvalue weighted by Gasteiger charge is -2.08. The first-order valence-electron chi connectivity index (χ1n) is 6.87. The summed E-state index contributed by atoms with van der Waals surface area (Å²) in [5, 5.41) is 1.86. The van der Waals surface area contributed by atoms with Crippen LogP contribution in [0.25, 0.3) is 4.96 Å². The van der Waals surface area contributed by atoms with Gasteiger partial charge in [-0.05, 0) is 19.1 Å². The molecule has 3 rings (SSSR count). The van der Waals surface area contributed by atoms with Gasteiger partial charge in [-0.2, -0.15) is 0 Å². The molecule has 0 aliphatic heterocycles. The number of aromatic nitrogens is 2. The lowest BCUT2D eigenvalue weighted by Crippen LogP contribution is -2.16. The van der Waals surface area contributed by atoms with Crippen molar-refractivity contribution in [3.63, 3.8) is 0 Å². The van der Waals surface area contributed by atoms with E-state index in [0.29, 0.717) is 22.0 Å². The van der Waals surface area contributed by atoms with Crippen LogP contribution in [0.4, 0.5) is 0 Å². The van der Waals surface area contributed by atoms with Crippen LogP contribution in [0.3, 0.4) is 0 Å². The van der Waals surface area contributed by atoms with Crippen molar-refractivity contribution < 1.29 is 14.3 Å². The van der Waals surface area contributed by atoms with E-state index in [4.69, 9.17) is 9.47 Å². The Kier molecular flexibility index (Phi) is 4.12. The monoisotopic (exact) mass is 330 g/mol.